The van der Waals surface area contributed by atoms with Crippen molar-refractivity contribution < 1.29 is 9.72 Å². The number of thiophene rings is 1. The van der Waals surface area contributed by atoms with Crippen molar-refractivity contribution in [3.8, 4) is 10.7 Å². The van der Waals surface area contributed by atoms with Crippen LogP contribution in [0.4, 0.5) is 5.69 Å². The lowest BCUT2D eigenvalue weighted by Crippen LogP contribution is -2.32. The maximum absolute atomic E-state index is 12.7. The summed E-state index contributed by atoms with van der Waals surface area (Å²) in [5.41, 5.74) is -0.682. The molecule has 1 aliphatic rings. The first-order valence-corrected chi connectivity index (χ1v) is 10.2. The normalized spacial score (nSPS) is 13.4. The topological polar surface area (TPSA) is 112 Å². The number of hydrogen-bond donors (Lipinski definition) is 1. The summed E-state index contributed by atoms with van der Waals surface area (Å²) in [5, 5.41) is 20.3. The monoisotopic (exact) mass is 433 g/mol. The number of hydrogen-bond acceptors (Lipinski definition) is 6. The number of nitrogens with zero attached hydrogens (tertiary/aromatic N) is 4. The second-order valence-corrected chi connectivity index (χ2v) is 7.97. The highest BCUT2D eigenvalue weighted by Crippen LogP contribution is 2.37. The molecule has 2 aromatic heterocycles. The van der Waals surface area contributed by atoms with Gasteiger partial charge in [0.2, 0.25) is 0 Å². The van der Waals surface area contributed by atoms with Gasteiger partial charge in [-0.3, -0.25) is 19.5 Å². The summed E-state index contributed by atoms with van der Waals surface area (Å²) >= 11 is 7.37. The van der Waals surface area contributed by atoms with Crippen LogP contribution >= 0.6 is 22.9 Å². The fourth-order valence-corrected chi connectivity index (χ4v) is 3.90. The van der Waals surface area contributed by atoms with Crippen LogP contribution in [0.1, 0.15) is 29.2 Å². The molecule has 0 spiro atoms. The summed E-state index contributed by atoms with van der Waals surface area (Å²) in [6.07, 6.45) is 1.89. The molecule has 4 rings (SSSR count). The lowest BCUT2D eigenvalue weighted by molar-refractivity contribution is -0.385. The molecule has 0 saturated heterocycles. The molecule has 1 saturated carbocycles. The molecule has 0 unspecified atom stereocenters. The van der Waals surface area contributed by atoms with Crippen LogP contribution in [-0.4, -0.2) is 31.7 Å². The lowest BCUT2D eigenvalue weighted by Gasteiger charge is -2.06. The highest BCUT2D eigenvalue weighted by atomic mass is 35.5. The second-order valence-electron chi connectivity index (χ2n) is 6.58. The fourth-order valence-electron chi connectivity index (χ4n) is 3.02. The zero-order chi connectivity index (χ0) is 20.5. The van der Waals surface area contributed by atoms with E-state index in [4.69, 9.17) is 11.6 Å². The van der Waals surface area contributed by atoms with E-state index in [0.29, 0.717) is 5.82 Å². The molecule has 29 heavy (non-hydrogen) atoms. The van der Waals surface area contributed by atoms with E-state index < -0.39 is 10.8 Å². The number of carbonyl (C=O) groups is 1. The number of nitro groups is 1. The molecule has 1 aromatic carbocycles. The minimum absolute atomic E-state index is 0.0912. The van der Waals surface area contributed by atoms with Crippen molar-refractivity contribution in [2.75, 3.05) is 6.54 Å². The Labute approximate surface area is 173 Å². The number of carbonyl (C=O) groups excluding carboxylic acids is 1. The van der Waals surface area contributed by atoms with E-state index in [1.807, 2.05) is 17.5 Å². The number of benzene rings is 1. The van der Waals surface area contributed by atoms with Gasteiger partial charge < -0.3 is 5.32 Å². The Bertz CT molecular complexity index is 1130. The van der Waals surface area contributed by atoms with Crippen LogP contribution in [0.25, 0.3) is 10.7 Å². The van der Waals surface area contributed by atoms with E-state index in [2.05, 4.69) is 10.4 Å². The van der Waals surface area contributed by atoms with Gasteiger partial charge in [0, 0.05) is 23.7 Å². The molecule has 1 fully saturated rings. The standard InChI is InChI=1S/C18H16ClN5O4S/c19-11-3-6-14(24(27)28)13(10-11)17(25)20-7-8-22-18(26)23(12-4-5-12)16(21-22)15-2-1-9-29-15/h1-3,6,9-10,12H,4-5,7-8H2,(H,20,25). The maximum atomic E-state index is 12.7. The first-order chi connectivity index (χ1) is 14.0. The molecule has 0 aliphatic heterocycles. The van der Waals surface area contributed by atoms with Crippen LogP contribution in [0, 0.1) is 10.1 Å². The van der Waals surface area contributed by atoms with Crippen molar-refractivity contribution in [2.45, 2.75) is 25.4 Å². The van der Waals surface area contributed by atoms with Crippen molar-refractivity contribution in [2.24, 2.45) is 0 Å². The molecule has 150 valence electrons. The van der Waals surface area contributed by atoms with Gasteiger partial charge in [-0.2, -0.15) is 0 Å². The van der Waals surface area contributed by atoms with Crippen molar-refractivity contribution in [1.82, 2.24) is 19.7 Å². The number of aromatic nitrogens is 3. The molecule has 2 heterocycles. The van der Waals surface area contributed by atoms with Gasteiger partial charge in [0.15, 0.2) is 5.82 Å². The average molecular weight is 434 g/mol. The quantitative estimate of drug-likeness (QED) is 0.454. The Hall–Kier alpha value is -2.98. The Balaban J connectivity index is 1.50. The summed E-state index contributed by atoms with van der Waals surface area (Å²) in [6.45, 7) is 0.241. The first kappa shape index (κ1) is 19.3. The van der Waals surface area contributed by atoms with E-state index in [0.717, 1.165) is 17.7 Å². The number of nitro benzene ring substituents is 1. The highest BCUT2D eigenvalue weighted by molar-refractivity contribution is 7.13. The van der Waals surface area contributed by atoms with E-state index in [9.17, 15) is 19.7 Å². The van der Waals surface area contributed by atoms with E-state index in [-0.39, 0.29) is 41.1 Å². The fraction of sp³-hybridized carbons (Fsp3) is 0.278. The number of rotatable bonds is 7. The van der Waals surface area contributed by atoms with Crippen LogP contribution in [0.3, 0.4) is 0 Å². The van der Waals surface area contributed by atoms with E-state index in [1.54, 1.807) is 4.57 Å². The molecule has 0 atom stereocenters. The van der Waals surface area contributed by atoms with Crippen LogP contribution in [0.2, 0.25) is 5.02 Å². The van der Waals surface area contributed by atoms with E-state index >= 15 is 0 Å². The van der Waals surface area contributed by atoms with Crippen molar-refractivity contribution in [3.05, 3.63) is 66.9 Å². The molecule has 1 N–H and O–H groups in total. The Morgan fingerprint density at radius 2 is 2.17 bits per heavy atom. The number of amides is 1. The summed E-state index contributed by atoms with van der Waals surface area (Å²) in [6, 6.07) is 7.77. The van der Waals surface area contributed by atoms with Crippen LogP contribution < -0.4 is 11.0 Å². The summed E-state index contributed by atoms with van der Waals surface area (Å²) in [4.78, 5) is 36.5. The minimum atomic E-state index is -0.639. The zero-order valence-electron chi connectivity index (χ0n) is 15.1. The molecule has 0 radical (unpaired) electrons. The molecule has 11 heteroatoms. The van der Waals surface area contributed by atoms with Gasteiger partial charge in [-0.05, 0) is 36.4 Å². The number of halogens is 1. The third-order valence-corrected chi connectivity index (χ3v) is 5.63. The predicted molar refractivity (Wildman–Crippen MR) is 109 cm³/mol. The van der Waals surface area contributed by atoms with Crippen molar-refractivity contribution in [3.63, 3.8) is 0 Å². The van der Waals surface area contributed by atoms with Gasteiger partial charge in [0.05, 0.1) is 16.3 Å². The summed E-state index contributed by atoms with van der Waals surface area (Å²) in [7, 11) is 0. The second kappa shape index (κ2) is 7.80. The molecular formula is C18H16ClN5O4S. The SMILES string of the molecule is O=C(NCCn1nc(-c2cccs2)n(C2CC2)c1=O)c1cc(Cl)ccc1[N+](=O)[O-]. The van der Waals surface area contributed by atoms with Gasteiger partial charge in [-0.1, -0.05) is 17.7 Å². The van der Waals surface area contributed by atoms with Crippen LogP contribution in [-0.2, 0) is 6.54 Å². The predicted octanol–water partition coefficient (Wildman–Crippen LogP) is 3.10. The lowest BCUT2D eigenvalue weighted by atomic mass is 10.1. The van der Waals surface area contributed by atoms with Gasteiger partial charge in [-0.25, -0.2) is 9.48 Å². The van der Waals surface area contributed by atoms with Gasteiger partial charge in [0.25, 0.3) is 11.6 Å². The average Bonchev–Trinajstić information content (AvgIpc) is 3.26. The van der Waals surface area contributed by atoms with Gasteiger partial charge in [-0.15, -0.1) is 16.4 Å². The largest absolute Gasteiger partial charge is 0.350 e. The molecule has 1 amide bonds. The Morgan fingerprint density at radius 3 is 2.83 bits per heavy atom. The summed E-state index contributed by atoms with van der Waals surface area (Å²) in [5.74, 6) is -0.00309. The third kappa shape index (κ3) is 3.94. The van der Waals surface area contributed by atoms with E-state index in [1.165, 1.54) is 34.2 Å². The van der Waals surface area contributed by atoms with Crippen molar-refractivity contribution >= 4 is 34.5 Å². The molecule has 0 bridgehead atoms. The Kier molecular flexibility index (Phi) is 5.20. The van der Waals surface area contributed by atoms with Gasteiger partial charge in [0.1, 0.15) is 5.56 Å². The molecule has 9 nitrogen and oxygen atoms in total. The minimum Gasteiger partial charge on any atom is -0.350 e. The molecule has 1 aliphatic carbocycles. The highest BCUT2D eigenvalue weighted by Gasteiger charge is 2.30. The van der Waals surface area contributed by atoms with Crippen molar-refractivity contribution in [1.29, 1.82) is 0 Å². The maximum Gasteiger partial charge on any atom is 0.346 e. The van der Waals surface area contributed by atoms with Crippen LogP contribution in [0.5, 0.6) is 0 Å². The number of nitrogens with one attached hydrogen (secondary N) is 1. The Morgan fingerprint density at radius 1 is 1.38 bits per heavy atom. The first-order valence-electron chi connectivity index (χ1n) is 8.91. The summed E-state index contributed by atoms with van der Waals surface area (Å²) < 4.78 is 3.02. The van der Waals surface area contributed by atoms with Crippen LogP contribution in [0.15, 0.2) is 40.5 Å². The zero-order valence-corrected chi connectivity index (χ0v) is 16.7. The molecule has 3 aromatic rings. The van der Waals surface area contributed by atoms with Gasteiger partial charge >= 0.3 is 5.69 Å². The third-order valence-electron chi connectivity index (χ3n) is 4.53. The molecular weight excluding hydrogens is 418 g/mol. The smallest absolute Gasteiger partial charge is 0.346 e.